The van der Waals surface area contributed by atoms with E-state index in [9.17, 15) is 9.90 Å². The molecule has 0 aliphatic rings. The number of carbonyl (C=O) groups excluding carboxylic acids is 1. The highest BCUT2D eigenvalue weighted by Crippen LogP contribution is 2.22. The van der Waals surface area contributed by atoms with Gasteiger partial charge in [-0.3, -0.25) is 5.32 Å². The van der Waals surface area contributed by atoms with E-state index in [1.165, 1.54) is 17.4 Å². The number of thiazole rings is 1. The van der Waals surface area contributed by atoms with E-state index in [1.54, 1.807) is 5.38 Å². The van der Waals surface area contributed by atoms with Crippen LogP contribution in [0.1, 0.15) is 18.2 Å². The number of amides is 1. The molecule has 17 heavy (non-hydrogen) atoms. The molecule has 0 bridgehead atoms. The smallest absolute Gasteiger partial charge is 0.413 e. The Morgan fingerprint density at radius 2 is 2.53 bits per heavy atom. The molecule has 1 atom stereocenters. The van der Waals surface area contributed by atoms with Gasteiger partial charge in [0.25, 0.3) is 0 Å². The number of aromatic nitrogens is 1. The Bertz CT molecular complexity index is 380. The number of rotatable bonds is 6. The van der Waals surface area contributed by atoms with E-state index in [0.717, 1.165) is 0 Å². The van der Waals surface area contributed by atoms with Gasteiger partial charge in [-0.1, -0.05) is 12.7 Å². The number of hydrogen-bond donors (Lipinski definition) is 3. The molecule has 1 aromatic rings. The van der Waals surface area contributed by atoms with Crippen molar-refractivity contribution in [3.8, 4) is 0 Å². The zero-order valence-electron chi connectivity index (χ0n) is 9.13. The topological polar surface area (TPSA) is 91.7 Å². The van der Waals surface area contributed by atoms with Gasteiger partial charge in [0.15, 0.2) is 5.13 Å². The fraction of sp³-hybridized carbons (Fsp3) is 0.400. The van der Waals surface area contributed by atoms with Gasteiger partial charge in [0.2, 0.25) is 0 Å². The summed E-state index contributed by atoms with van der Waals surface area (Å²) in [5.74, 6) is 0. The van der Waals surface area contributed by atoms with Gasteiger partial charge >= 0.3 is 6.09 Å². The van der Waals surface area contributed by atoms with Crippen LogP contribution in [0.15, 0.2) is 18.0 Å². The van der Waals surface area contributed by atoms with Gasteiger partial charge < -0.3 is 14.9 Å². The zero-order chi connectivity index (χ0) is 12.7. The Kier molecular flexibility index (Phi) is 5.61. The summed E-state index contributed by atoms with van der Waals surface area (Å²) in [5, 5.41) is 22.6. The highest BCUT2D eigenvalue weighted by atomic mass is 32.1. The van der Waals surface area contributed by atoms with Gasteiger partial charge in [-0.15, -0.1) is 11.3 Å². The average molecular weight is 258 g/mol. The number of anilines is 1. The van der Waals surface area contributed by atoms with Crippen molar-refractivity contribution in [2.24, 2.45) is 0 Å². The van der Waals surface area contributed by atoms with Crippen molar-refractivity contribution in [3.63, 3.8) is 0 Å². The first kappa shape index (κ1) is 13.6. The van der Waals surface area contributed by atoms with Gasteiger partial charge in [0.1, 0.15) is 6.61 Å². The Morgan fingerprint density at radius 1 is 1.76 bits per heavy atom. The molecule has 1 unspecified atom stereocenters. The van der Waals surface area contributed by atoms with E-state index in [2.05, 4.69) is 16.9 Å². The van der Waals surface area contributed by atoms with E-state index in [4.69, 9.17) is 9.84 Å². The van der Waals surface area contributed by atoms with Crippen molar-refractivity contribution in [2.45, 2.75) is 12.5 Å². The van der Waals surface area contributed by atoms with Crippen molar-refractivity contribution in [3.05, 3.63) is 23.7 Å². The molecular formula is C10H14N2O4S. The van der Waals surface area contributed by atoms with Crippen molar-refractivity contribution in [1.82, 2.24) is 4.98 Å². The second-order valence-corrected chi connectivity index (χ2v) is 3.98. The van der Waals surface area contributed by atoms with Crippen LogP contribution in [0.5, 0.6) is 0 Å². The minimum absolute atomic E-state index is 0.122. The second kappa shape index (κ2) is 7.00. The summed E-state index contributed by atoms with van der Waals surface area (Å²) in [7, 11) is 0. The van der Waals surface area contributed by atoms with Crippen molar-refractivity contribution in [1.29, 1.82) is 0 Å². The van der Waals surface area contributed by atoms with Crippen molar-refractivity contribution in [2.75, 3.05) is 18.5 Å². The van der Waals surface area contributed by atoms with E-state index >= 15 is 0 Å². The third-order valence-electron chi connectivity index (χ3n) is 1.81. The molecule has 1 amide bonds. The Labute approximate surface area is 103 Å². The summed E-state index contributed by atoms with van der Waals surface area (Å²) in [4.78, 5) is 15.2. The first-order valence-electron chi connectivity index (χ1n) is 4.96. The highest BCUT2D eigenvalue weighted by Gasteiger charge is 2.12. The number of carbonyl (C=O) groups is 1. The first-order chi connectivity index (χ1) is 8.17. The molecule has 0 radical (unpaired) electrons. The number of ether oxygens (including phenoxy) is 1. The third-order valence-corrected chi connectivity index (χ3v) is 2.58. The van der Waals surface area contributed by atoms with Crippen LogP contribution >= 0.6 is 11.3 Å². The van der Waals surface area contributed by atoms with Crippen LogP contribution in [-0.4, -0.2) is 34.5 Å². The summed E-state index contributed by atoms with van der Waals surface area (Å²) in [6.45, 7) is 3.41. The summed E-state index contributed by atoms with van der Waals surface area (Å²) in [5.41, 5.74) is 0.420. The molecule has 0 saturated heterocycles. The number of aliphatic hydroxyl groups excluding tert-OH is 2. The molecular weight excluding hydrogens is 244 g/mol. The molecule has 1 aromatic heterocycles. The molecule has 0 aliphatic heterocycles. The lowest BCUT2D eigenvalue weighted by Gasteiger charge is -2.04. The van der Waals surface area contributed by atoms with E-state index in [1.807, 2.05) is 0 Å². The maximum absolute atomic E-state index is 11.2. The fourth-order valence-corrected chi connectivity index (χ4v) is 1.77. The lowest BCUT2D eigenvalue weighted by Crippen LogP contribution is -2.13. The molecule has 94 valence electrons. The molecule has 0 aromatic carbocycles. The van der Waals surface area contributed by atoms with Crippen LogP contribution in [0, 0.1) is 0 Å². The maximum Gasteiger partial charge on any atom is 0.413 e. The predicted molar refractivity (Wildman–Crippen MR) is 63.9 cm³/mol. The molecule has 6 nitrogen and oxygen atoms in total. The summed E-state index contributed by atoms with van der Waals surface area (Å²) in [6, 6.07) is 0. The van der Waals surface area contributed by atoms with Gasteiger partial charge in [0, 0.05) is 18.4 Å². The van der Waals surface area contributed by atoms with Gasteiger partial charge in [-0.05, 0) is 0 Å². The van der Waals surface area contributed by atoms with E-state index in [0.29, 0.717) is 10.8 Å². The van der Waals surface area contributed by atoms with Gasteiger partial charge in [-0.25, -0.2) is 9.78 Å². The largest absolute Gasteiger partial charge is 0.445 e. The lowest BCUT2D eigenvalue weighted by molar-refractivity contribution is 0.131. The maximum atomic E-state index is 11.2. The lowest BCUT2D eigenvalue weighted by atomic mass is 10.2. The third kappa shape index (κ3) is 4.51. The van der Waals surface area contributed by atoms with Crippen LogP contribution in [0.3, 0.4) is 0 Å². The molecule has 1 heterocycles. The van der Waals surface area contributed by atoms with Crippen LogP contribution in [-0.2, 0) is 4.74 Å². The summed E-state index contributed by atoms with van der Waals surface area (Å²) >= 11 is 1.18. The number of nitrogens with one attached hydrogen (secondary N) is 1. The molecule has 0 saturated carbocycles. The van der Waals surface area contributed by atoms with E-state index in [-0.39, 0.29) is 19.6 Å². The number of hydrogen-bond acceptors (Lipinski definition) is 6. The minimum atomic E-state index is -0.823. The summed E-state index contributed by atoms with van der Waals surface area (Å²) in [6.07, 6.45) is 0.223. The SMILES string of the molecule is C=CCOC(=O)Nc1nc(C(O)CCO)cs1. The Morgan fingerprint density at radius 3 is 3.18 bits per heavy atom. The quantitative estimate of drug-likeness (QED) is 0.669. The molecule has 0 fully saturated rings. The Hall–Kier alpha value is -1.44. The standard InChI is InChI=1S/C10H14N2O4S/c1-2-5-16-10(15)12-9-11-7(6-17-9)8(14)3-4-13/h2,6,8,13-14H,1,3-5H2,(H,11,12,15). The van der Waals surface area contributed by atoms with Crippen LogP contribution in [0.4, 0.5) is 9.93 Å². The van der Waals surface area contributed by atoms with Crippen molar-refractivity contribution < 1.29 is 19.7 Å². The average Bonchev–Trinajstić information content (AvgIpc) is 2.75. The van der Waals surface area contributed by atoms with E-state index < -0.39 is 12.2 Å². The Balaban J connectivity index is 2.50. The monoisotopic (exact) mass is 258 g/mol. The normalized spacial score (nSPS) is 11.9. The predicted octanol–water partition coefficient (Wildman–Crippen LogP) is 1.29. The fourth-order valence-electron chi connectivity index (χ4n) is 1.02. The molecule has 3 N–H and O–H groups in total. The molecule has 0 spiro atoms. The van der Waals surface area contributed by atoms with Crippen LogP contribution in [0.2, 0.25) is 0 Å². The highest BCUT2D eigenvalue weighted by molar-refractivity contribution is 7.13. The molecule has 1 rings (SSSR count). The first-order valence-corrected chi connectivity index (χ1v) is 5.84. The van der Waals surface area contributed by atoms with Gasteiger partial charge in [0.05, 0.1) is 11.8 Å². The molecule has 7 heteroatoms. The minimum Gasteiger partial charge on any atom is -0.445 e. The summed E-state index contributed by atoms with van der Waals surface area (Å²) < 4.78 is 4.71. The second-order valence-electron chi connectivity index (χ2n) is 3.12. The van der Waals surface area contributed by atoms with Crippen LogP contribution < -0.4 is 5.32 Å². The zero-order valence-corrected chi connectivity index (χ0v) is 9.94. The number of nitrogens with zero attached hydrogens (tertiary/aromatic N) is 1. The van der Waals surface area contributed by atoms with Crippen molar-refractivity contribution >= 4 is 22.6 Å². The number of aliphatic hydroxyl groups is 2. The molecule has 0 aliphatic carbocycles. The van der Waals surface area contributed by atoms with Crippen LogP contribution in [0.25, 0.3) is 0 Å². The van der Waals surface area contributed by atoms with Gasteiger partial charge in [-0.2, -0.15) is 0 Å².